The topological polar surface area (TPSA) is 60.8 Å². The smallest absolute Gasteiger partial charge is 0.418 e. The van der Waals surface area contributed by atoms with Crippen molar-refractivity contribution in [3.8, 4) is 0 Å². The lowest BCUT2D eigenvalue weighted by atomic mass is 10.0. The fraction of sp³-hybridized carbons (Fsp3) is 0.417. The molecule has 2 unspecified atom stereocenters. The number of rotatable bonds is 3. The summed E-state index contributed by atoms with van der Waals surface area (Å²) in [7, 11) is 0. The molecule has 0 bridgehead atoms. The number of halogens is 3. The lowest BCUT2D eigenvalue weighted by molar-refractivity contribution is -0.148. The highest BCUT2D eigenvalue weighted by molar-refractivity contribution is 5.80. The number of pyridine rings is 1. The Bertz CT molecular complexity index is 531. The summed E-state index contributed by atoms with van der Waals surface area (Å²) in [6.07, 6.45) is -3.67. The first-order chi connectivity index (χ1) is 9.45. The number of hydrogen-bond donors (Lipinski definition) is 0. The van der Waals surface area contributed by atoms with Gasteiger partial charge in [0, 0.05) is 6.20 Å². The SMILES string of the molecule is CCOC(=O)C1N=COC1c1ncccc1C(F)(F)F. The van der Waals surface area contributed by atoms with E-state index >= 15 is 0 Å². The molecule has 2 rings (SSSR count). The van der Waals surface area contributed by atoms with E-state index in [1.807, 2.05) is 0 Å². The molecule has 1 aliphatic rings. The minimum Gasteiger partial charge on any atom is -0.471 e. The fourth-order valence-electron chi connectivity index (χ4n) is 1.83. The van der Waals surface area contributed by atoms with Gasteiger partial charge in [-0.25, -0.2) is 9.79 Å². The molecule has 0 N–H and O–H groups in total. The van der Waals surface area contributed by atoms with E-state index in [-0.39, 0.29) is 12.3 Å². The maximum absolute atomic E-state index is 12.9. The number of nitrogens with zero attached hydrogens (tertiary/aromatic N) is 2. The molecule has 0 radical (unpaired) electrons. The Kier molecular flexibility index (Phi) is 3.91. The second-order valence-electron chi connectivity index (χ2n) is 3.94. The van der Waals surface area contributed by atoms with Gasteiger partial charge in [0.2, 0.25) is 0 Å². The molecule has 0 spiro atoms. The number of hydrogen-bond acceptors (Lipinski definition) is 5. The number of ether oxygens (including phenoxy) is 2. The van der Waals surface area contributed by atoms with Crippen LogP contribution in [0.4, 0.5) is 13.2 Å². The van der Waals surface area contributed by atoms with Crippen molar-refractivity contribution < 1.29 is 27.4 Å². The molecule has 8 heteroatoms. The van der Waals surface area contributed by atoms with Crippen LogP contribution in [0.25, 0.3) is 0 Å². The largest absolute Gasteiger partial charge is 0.471 e. The second kappa shape index (κ2) is 5.48. The molecule has 1 aromatic heterocycles. The maximum Gasteiger partial charge on any atom is 0.418 e. The lowest BCUT2D eigenvalue weighted by Gasteiger charge is -2.19. The third kappa shape index (κ3) is 2.73. The summed E-state index contributed by atoms with van der Waals surface area (Å²) in [4.78, 5) is 19.1. The van der Waals surface area contributed by atoms with E-state index in [0.717, 1.165) is 12.5 Å². The van der Waals surface area contributed by atoms with Gasteiger partial charge < -0.3 is 9.47 Å². The van der Waals surface area contributed by atoms with Crippen LogP contribution in [0.5, 0.6) is 0 Å². The summed E-state index contributed by atoms with van der Waals surface area (Å²) in [5.74, 6) is -0.745. The molecule has 1 aromatic rings. The van der Waals surface area contributed by atoms with Crippen molar-refractivity contribution in [1.82, 2.24) is 4.98 Å². The Morgan fingerprint density at radius 3 is 2.90 bits per heavy atom. The van der Waals surface area contributed by atoms with Gasteiger partial charge in [-0.15, -0.1) is 0 Å². The number of carbonyl (C=O) groups is 1. The number of aliphatic imine (C=N–C) groups is 1. The summed E-state index contributed by atoms with van der Waals surface area (Å²) in [6.45, 7) is 1.69. The summed E-state index contributed by atoms with van der Waals surface area (Å²) < 4.78 is 48.5. The summed E-state index contributed by atoms with van der Waals surface area (Å²) >= 11 is 0. The zero-order valence-electron chi connectivity index (χ0n) is 10.4. The van der Waals surface area contributed by atoms with Gasteiger partial charge >= 0.3 is 12.1 Å². The average molecular weight is 288 g/mol. The van der Waals surface area contributed by atoms with Crippen molar-refractivity contribution in [1.29, 1.82) is 0 Å². The number of carbonyl (C=O) groups excluding carboxylic acids is 1. The van der Waals surface area contributed by atoms with Gasteiger partial charge in [0.15, 0.2) is 18.5 Å². The standard InChI is InChI=1S/C12H11F3N2O3/c1-2-19-11(18)9-10(20-6-17-9)8-7(12(13,14)15)4-3-5-16-8/h3-6,9-10H,2H2,1H3. The van der Waals surface area contributed by atoms with Crippen molar-refractivity contribution >= 4 is 12.4 Å². The normalized spacial score (nSPS) is 21.6. The van der Waals surface area contributed by atoms with Crippen molar-refractivity contribution in [2.24, 2.45) is 4.99 Å². The number of alkyl halides is 3. The molecule has 0 saturated heterocycles. The predicted molar refractivity (Wildman–Crippen MR) is 62.0 cm³/mol. The summed E-state index contributed by atoms with van der Waals surface area (Å²) in [6, 6.07) is 0.874. The molecular weight excluding hydrogens is 277 g/mol. The Labute approximate surface area is 112 Å². The molecule has 2 heterocycles. The first kappa shape index (κ1) is 14.3. The van der Waals surface area contributed by atoms with Gasteiger partial charge in [0.25, 0.3) is 0 Å². The Morgan fingerprint density at radius 2 is 2.25 bits per heavy atom. The van der Waals surface area contributed by atoms with Crippen LogP contribution < -0.4 is 0 Å². The second-order valence-corrected chi connectivity index (χ2v) is 3.94. The zero-order chi connectivity index (χ0) is 14.8. The van der Waals surface area contributed by atoms with Gasteiger partial charge in [-0.2, -0.15) is 13.2 Å². The third-order valence-corrected chi connectivity index (χ3v) is 2.66. The third-order valence-electron chi connectivity index (χ3n) is 2.66. The van der Waals surface area contributed by atoms with E-state index in [9.17, 15) is 18.0 Å². The van der Waals surface area contributed by atoms with Gasteiger partial charge in [-0.3, -0.25) is 4.98 Å². The molecule has 5 nitrogen and oxygen atoms in total. The molecule has 0 saturated carbocycles. The highest BCUT2D eigenvalue weighted by Crippen LogP contribution is 2.37. The van der Waals surface area contributed by atoms with E-state index < -0.39 is 29.9 Å². The number of aromatic nitrogens is 1. The molecule has 0 fully saturated rings. The first-order valence-electron chi connectivity index (χ1n) is 5.81. The average Bonchev–Trinajstić information content (AvgIpc) is 2.87. The van der Waals surface area contributed by atoms with E-state index in [0.29, 0.717) is 0 Å². The number of esters is 1. The fourth-order valence-corrected chi connectivity index (χ4v) is 1.83. The zero-order valence-corrected chi connectivity index (χ0v) is 10.4. The Balaban J connectivity index is 2.34. The van der Waals surface area contributed by atoms with Gasteiger partial charge in [0.1, 0.15) is 0 Å². The Morgan fingerprint density at radius 1 is 1.50 bits per heavy atom. The van der Waals surface area contributed by atoms with Crippen LogP contribution in [0.3, 0.4) is 0 Å². The van der Waals surface area contributed by atoms with Crippen LogP contribution in [0.2, 0.25) is 0 Å². The first-order valence-corrected chi connectivity index (χ1v) is 5.81. The quantitative estimate of drug-likeness (QED) is 0.799. The molecule has 1 aliphatic heterocycles. The molecule has 0 amide bonds. The minimum atomic E-state index is -4.59. The highest BCUT2D eigenvalue weighted by atomic mass is 19.4. The van der Waals surface area contributed by atoms with Crippen LogP contribution in [0.15, 0.2) is 23.3 Å². The van der Waals surface area contributed by atoms with Crippen LogP contribution in [0, 0.1) is 0 Å². The van der Waals surface area contributed by atoms with E-state index in [1.54, 1.807) is 6.92 Å². The molecule has 0 aromatic carbocycles. The molecule has 108 valence electrons. The Hall–Kier alpha value is -2.12. The van der Waals surface area contributed by atoms with Gasteiger partial charge in [0.05, 0.1) is 17.9 Å². The van der Waals surface area contributed by atoms with Crippen molar-refractivity contribution in [3.05, 3.63) is 29.6 Å². The van der Waals surface area contributed by atoms with Crippen LogP contribution in [0.1, 0.15) is 24.3 Å². The molecule has 2 atom stereocenters. The minimum absolute atomic E-state index is 0.103. The van der Waals surface area contributed by atoms with Crippen LogP contribution in [-0.2, 0) is 20.4 Å². The van der Waals surface area contributed by atoms with E-state index in [4.69, 9.17) is 9.47 Å². The van der Waals surface area contributed by atoms with E-state index in [2.05, 4.69) is 9.98 Å². The molecular formula is C12H11F3N2O3. The van der Waals surface area contributed by atoms with E-state index in [1.165, 1.54) is 12.3 Å². The van der Waals surface area contributed by atoms with Crippen molar-refractivity contribution in [2.45, 2.75) is 25.2 Å². The van der Waals surface area contributed by atoms with Crippen molar-refractivity contribution in [2.75, 3.05) is 6.61 Å². The monoisotopic (exact) mass is 288 g/mol. The highest BCUT2D eigenvalue weighted by Gasteiger charge is 2.43. The van der Waals surface area contributed by atoms with Gasteiger partial charge in [-0.05, 0) is 19.1 Å². The predicted octanol–water partition coefficient (Wildman–Crippen LogP) is 2.13. The summed E-state index contributed by atoms with van der Waals surface area (Å²) in [5.41, 5.74) is -1.33. The van der Waals surface area contributed by atoms with Gasteiger partial charge in [-0.1, -0.05) is 0 Å². The molecule has 20 heavy (non-hydrogen) atoms. The van der Waals surface area contributed by atoms with Crippen molar-refractivity contribution in [3.63, 3.8) is 0 Å². The maximum atomic E-state index is 12.9. The van der Waals surface area contributed by atoms with Crippen LogP contribution >= 0.6 is 0 Å². The molecule has 0 aliphatic carbocycles. The van der Waals surface area contributed by atoms with Crippen LogP contribution in [-0.4, -0.2) is 30.0 Å². The summed E-state index contributed by atoms with van der Waals surface area (Å²) in [5, 5.41) is 0. The lowest BCUT2D eigenvalue weighted by Crippen LogP contribution is -2.28.